The molecule has 0 spiro atoms. The fraction of sp³-hybridized carbons (Fsp3) is 0.667. The van der Waals surface area contributed by atoms with Crippen LogP contribution in [0.2, 0.25) is 0 Å². The molecule has 1 aromatic heterocycles. The van der Waals surface area contributed by atoms with Gasteiger partial charge in [-0.2, -0.15) is 0 Å². The van der Waals surface area contributed by atoms with Gasteiger partial charge >= 0.3 is 0 Å². The molecular weight excluding hydrogens is 184 g/mol. The van der Waals surface area contributed by atoms with Gasteiger partial charge in [0.2, 0.25) is 0 Å². The maximum atomic E-state index is 8.75. The number of hydrogen-bond donors (Lipinski definition) is 2. The summed E-state index contributed by atoms with van der Waals surface area (Å²) >= 11 is 1.72. The Hall–Kier alpha value is -0.450. The Morgan fingerprint density at radius 3 is 3.31 bits per heavy atom. The lowest BCUT2D eigenvalue weighted by atomic mass is 10.1. The average molecular weight is 198 g/mol. The van der Waals surface area contributed by atoms with Crippen LogP contribution in [0.3, 0.4) is 0 Å². The number of aliphatic hydroxyl groups excluding tert-OH is 1. The summed E-state index contributed by atoms with van der Waals surface area (Å²) in [5.41, 5.74) is 1.04. The van der Waals surface area contributed by atoms with E-state index in [1.165, 1.54) is 11.4 Å². The van der Waals surface area contributed by atoms with E-state index in [0.29, 0.717) is 12.3 Å². The third kappa shape index (κ3) is 2.07. The highest BCUT2D eigenvalue weighted by atomic mass is 32.1. The number of hydrogen-bond acceptors (Lipinski definition) is 4. The summed E-state index contributed by atoms with van der Waals surface area (Å²) < 4.78 is 0. The first-order valence-electron chi connectivity index (χ1n) is 4.66. The van der Waals surface area contributed by atoms with Crippen LogP contribution in [0.1, 0.15) is 23.0 Å². The molecule has 0 aliphatic carbocycles. The third-order valence-corrected chi connectivity index (χ3v) is 3.40. The summed E-state index contributed by atoms with van der Waals surface area (Å²) in [5.74, 6) is 0.609. The van der Waals surface area contributed by atoms with E-state index in [-0.39, 0.29) is 6.61 Å². The molecule has 0 amide bonds. The van der Waals surface area contributed by atoms with Crippen LogP contribution in [0.4, 0.5) is 0 Å². The second-order valence-electron chi connectivity index (χ2n) is 3.34. The first-order valence-corrected chi connectivity index (χ1v) is 5.54. The molecule has 2 rings (SSSR count). The topological polar surface area (TPSA) is 45.1 Å². The van der Waals surface area contributed by atoms with Gasteiger partial charge in [-0.1, -0.05) is 0 Å². The van der Waals surface area contributed by atoms with Gasteiger partial charge in [-0.25, -0.2) is 4.98 Å². The average Bonchev–Trinajstić information content (AvgIpc) is 2.70. The predicted octanol–water partition coefficient (Wildman–Crippen LogP) is 0.755. The predicted molar refractivity (Wildman–Crippen MR) is 53.1 cm³/mol. The summed E-state index contributed by atoms with van der Waals surface area (Å²) in [4.78, 5) is 4.50. The molecule has 2 heterocycles. The van der Waals surface area contributed by atoms with Crippen LogP contribution in [0.5, 0.6) is 0 Å². The molecular formula is C9H14N2OS. The number of nitrogens with one attached hydrogen (secondary N) is 1. The van der Waals surface area contributed by atoms with Crippen molar-refractivity contribution >= 4 is 11.3 Å². The molecule has 0 saturated carbocycles. The smallest absolute Gasteiger partial charge is 0.0972 e. The molecule has 1 fully saturated rings. The van der Waals surface area contributed by atoms with Crippen LogP contribution in [0.25, 0.3) is 0 Å². The van der Waals surface area contributed by atoms with Gasteiger partial charge in [-0.3, -0.25) is 0 Å². The van der Waals surface area contributed by atoms with E-state index in [1.807, 2.05) is 0 Å². The van der Waals surface area contributed by atoms with Crippen molar-refractivity contribution in [2.45, 2.75) is 18.8 Å². The largest absolute Gasteiger partial charge is 0.396 e. The fourth-order valence-corrected chi connectivity index (χ4v) is 2.60. The van der Waals surface area contributed by atoms with Crippen molar-refractivity contribution in [3.8, 4) is 0 Å². The summed E-state index contributed by atoms with van der Waals surface area (Å²) in [6, 6.07) is 0. The zero-order valence-corrected chi connectivity index (χ0v) is 8.31. The van der Waals surface area contributed by atoms with E-state index in [9.17, 15) is 0 Å². The molecule has 0 aromatic carbocycles. The van der Waals surface area contributed by atoms with Crippen molar-refractivity contribution in [1.82, 2.24) is 10.3 Å². The first-order chi connectivity index (χ1) is 6.40. The molecule has 13 heavy (non-hydrogen) atoms. The number of rotatable bonds is 3. The molecule has 4 heteroatoms. The molecule has 1 aliphatic rings. The van der Waals surface area contributed by atoms with Crippen LogP contribution in [0, 0.1) is 0 Å². The highest BCUT2D eigenvalue weighted by Crippen LogP contribution is 2.25. The normalized spacial score (nSPS) is 22.4. The molecule has 3 nitrogen and oxygen atoms in total. The Labute approximate surface area is 81.8 Å². The van der Waals surface area contributed by atoms with Crippen molar-refractivity contribution < 1.29 is 5.11 Å². The molecule has 1 aliphatic heterocycles. The Morgan fingerprint density at radius 2 is 2.62 bits per heavy atom. The summed E-state index contributed by atoms with van der Waals surface area (Å²) in [5, 5.41) is 15.4. The van der Waals surface area contributed by atoms with Gasteiger partial charge in [0, 0.05) is 30.9 Å². The van der Waals surface area contributed by atoms with E-state index in [4.69, 9.17) is 5.11 Å². The highest BCUT2D eigenvalue weighted by molar-refractivity contribution is 7.09. The highest BCUT2D eigenvalue weighted by Gasteiger charge is 2.19. The Morgan fingerprint density at radius 1 is 1.69 bits per heavy atom. The fourth-order valence-electron chi connectivity index (χ4n) is 1.60. The van der Waals surface area contributed by atoms with E-state index < -0.39 is 0 Å². The maximum Gasteiger partial charge on any atom is 0.0972 e. The van der Waals surface area contributed by atoms with Gasteiger partial charge in [-0.05, 0) is 13.0 Å². The van der Waals surface area contributed by atoms with Crippen LogP contribution in [-0.2, 0) is 6.42 Å². The number of thiazole rings is 1. The van der Waals surface area contributed by atoms with E-state index in [1.54, 1.807) is 11.3 Å². The second kappa shape index (κ2) is 4.17. The third-order valence-electron chi connectivity index (χ3n) is 2.35. The SMILES string of the molecule is OCCc1csc(C2CCNC2)n1. The lowest BCUT2D eigenvalue weighted by molar-refractivity contribution is 0.298. The van der Waals surface area contributed by atoms with E-state index >= 15 is 0 Å². The van der Waals surface area contributed by atoms with Gasteiger partial charge in [0.25, 0.3) is 0 Å². The quantitative estimate of drug-likeness (QED) is 0.753. The van der Waals surface area contributed by atoms with Crippen molar-refractivity contribution in [2.24, 2.45) is 0 Å². The van der Waals surface area contributed by atoms with Crippen LogP contribution >= 0.6 is 11.3 Å². The Kier molecular flexibility index (Phi) is 2.93. The Bertz CT molecular complexity index is 268. The van der Waals surface area contributed by atoms with Gasteiger partial charge in [-0.15, -0.1) is 11.3 Å². The maximum absolute atomic E-state index is 8.75. The zero-order valence-electron chi connectivity index (χ0n) is 7.49. The molecule has 72 valence electrons. The molecule has 2 N–H and O–H groups in total. The molecule has 1 atom stereocenters. The van der Waals surface area contributed by atoms with Crippen molar-refractivity contribution in [2.75, 3.05) is 19.7 Å². The van der Waals surface area contributed by atoms with Crippen LogP contribution in [0.15, 0.2) is 5.38 Å². The second-order valence-corrected chi connectivity index (χ2v) is 4.23. The molecule has 1 aromatic rings. The van der Waals surface area contributed by atoms with Crippen molar-refractivity contribution in [1.29, 1.82) is 0 Å². The molecule has 0 bridgehead atoms. The summed E-state index contributed by atoms with van der Waals surface area (Å²) in [6.07, 6.45) is 1.89. The molecule has 1 saturated heterocycles. The lowest BCUT2D eigenvalue weighted by Crippen LogP contribution is -2.07. The van der Waals surface area contributed by atoms with E-state index in [0.717, 1.165) is 18.8 Å². The minimum atomic E-state index is 0.200. The first kappa shape index (κ1) is 9.12. The molecule has 0 radical (unpaired) electrons. The van der Waals surface area contributed by atoms with Gasteiger partial charge in [0.05, 0.1) is 10.7 Å². The van der Waals surface area contributed by atoms with Crippen LogP contribution < -0.4 is 5.32 Å². The monoisotopic (exact) mass is 198 g/mol. The van der Waals surface area contributed by atoms with Gasteiger partial charge in [0.15, 0.2) is 0 Å². The Balaban J connectivity index is 2.03. The van der Waals surface area contributed by atoms with E-state index in [2.05, 4.69) is 15.7 Å². The van der Waals surface area contributed by atoms with Gasteiger partial charge < -0.3 is 10.4 Å². The van der Waals surface area contributed by atoms with Gasteiger partial charge in [0.1, 0.15) is 0 Å². The zero-order chi connectivity index (χ0) is 9.10. The summed E-state index contributed by atoms with van der Waals surface area (Å²) in [7, 11) is 0. The number of nitrogens with zero attached hydrogens (tertiary/aromatic N) is 1. The standard InChI is InChI=1S/C9H14N2OS/c12-4-2-8-6-13-9(11-8)7-1-3-10-5-7/h6-7,10,12H,1-5H2. The summed E-state index contributed by atoms with van der Waals surface area (Å²) in [6.45, 7) is 2.37. The van der Waals surface area contributed by atoms with Crippen molar-refractivity contribution in [3.63, 3.8) is 0 Å². The van der Waals surface area contributed by atoms with Crippen LogP contribution in [-0.4, -0.2) is 29.8 Å². The number of aliphatic hydroxyl groups is 1. The minimum absolute atomic E-state index is 0.200. The van der Waals surface area contributed by atoms with Crippen molar-refractivity contribution in [3.05, 3.63) is 16.1 Å². The number of aromatic nitrogens is 1. The molecule has 1 unspecified atom stereocenters. The lowest BCUT2D eigenvalue weighted by Gasteiger charge is -2.01. The minimum Gasteiger partial charge on any atom is -0.396 e.